The van der Waals surface area contributed by atoms with Crippen molar-refractivity contribution in [2.75, 3.05) is 169 Å². The van der Waals surface area contributed by atoms with Gasteiger partial charge < -0.3 is 62.2 Å². The van der Waals surface area contributed by atoms with E-state index in [4.69, 9.17) is 61.9 Å². The maximum Gasteiger partial charge on any atom is 0.235 e. The van der Waals surface area contributed by atoms with Crippen molar-refractivity contribution in [1.29, 1.82) is 0 Å². The lowest BCUT2D eigenvalue weighted by Crippen LogP contribution is -2.32. The number of carbonyl (C=O) groups is 1. The van der Waals surface area contributed by atoms with Gasteiger partial charge in [-0.1, -0.05) is 53.2 Å². The second-order valence-electron chi connectivity index (χ2n) is 14.1. The Bertz CT molecular complexity index is 1630. The van der Waals surface area contributed by atoms with Gasteiger partial charge in [-0.25, -0.2) is 0 Å². The van der Waals surface area contributed by atoms with Crippen LogP contribution in [-0.2, 0) is 56.9 Å². The zero-order chi connectivity index (χ0) is 45.0. The molecule has 16 nitrogen and oxygen atoms in total. The first-order valence-corrected chi connectivity index (χ1v) is 23.0. The molecule has 1 atom stereocenters. The lowest BCUT2D eigenvalue weighted by atomic mass is 9.96. The molecule has 1 aliphatic rings. The van der Waals surface area contributed by atoms with Gasteiger partial charge in [0.05, 0.1) is 157 Å². The van der Waals surface area contributed by atoms with Gasteiger partial charge in [0.1, 0.15) is 18.3 Å². The third-order valence-corrected chi connectivity index (χ3v) is 9.64. The summed E-state index contributed by atoms with van der Waals surface area (Å²) in [5, 5.41) is 9.78. The van der Waals surface area contributed by atoms with Gasteiger partial charge in [0.25, 0.3) is 0 Å². The molecule has 17 heteroatoms. The Kier molecular flexibility index (Phi) is 29.6. The number of rotatable bonds is 40. The molecule has 0 fully saturated rings. The van der Waals surface area contributed by atoms with Crippen LogP contribution in [0.5, 0.6) is 5.75 Å². The number of halogens is 1. The summed E-state index contributed by atoms with van der Waals surface area (Å²) in [5.41, 5.74) is 3.24. The topological polar surface area (TPSA) is 155 Å². The molecule has 0 bridgehead atoms. The van der Waals surface area contributed by atoms with Gasteiger partial charge in [-0.2, -0.15) is 5.10 Å². The van der Waals surface area contributed by atoms with Gasteiger partial charge in [-0.05, 0) is 60.5 Å². The normalized spacial score (nSPS) is 13.7. The standard InChI is InChI=1S/C47H68BrN3O13/c1-2-16-53-17-18-54-19-20-55-21-22-56-23-24-57-25-26-58-27-28-59-29-30-60-31-32-61-33-34-62-35-36-63-37-38-64-44-14-12-42(13-15-44)49-47(52)45-39-51(43-6-4-3-5-7-43)50-46(45)40-8-10-41(48)11-9-40/h3-15,45H,2,16-39H2,1H3,(H,49,52). The maximum absolute atomic E-state index is 13.5. The number of para-hydroxylation sites is 1. The number of nitrogens with one attached hydrogen (secondary N) is 1. The number of carbonyl (C=O) groups excluding carboxylic acids is 1. The van der Waals surface area contributed by atoms with Crippen LogP contribution in [0.4, 0.5) is 11.4 Å². The molecule has 3 aromatic carbocycles. The van der Waals surface area contributed by atoms with Gasteiger partial charge in [-0.15, -0.1) is 0 Å². The first-order chi connectivity index (χ1) is 31.6. The molecule has 1 amide bonds. The predicted octanol–water partition coefficient (Wildman–Crippen LogP) is 5.90. The van der Waals surface area contributed by atoms with Crippen molar-refractivity contribution in [2.45, 2.75) is 13.3 Å². The Hall–Kier alpha value is -3.56. The third-order valence-electron chi connectivity index (χ3n) is 9.11. The fraction of sp³-hybridized carbons (Fsp3) is 0.574. The summed E-state index contributed by atoms with van der Waals surface area (Å²) in [6.45, 7) is 14.3. The van der Waals surface area contributed by atoms with E-state index in [1.54, 1.807) is 0 Å². The van der Waals surface area contributed by atoms with Crippen LogP contribution in [-0.4, -0.2) is 170 Å². The largest absolute Gasteiger partial charge is 0.491 e. The van der Waals surface area contributed by atoms with Crippen LogP contribution in [0.25, 0.3) is 0 Å². The van der Waals surface area contributed by atoms with Crippen molar-refractivity contribution >= 4 is 38.9 Å². The second kappa shape index (κ2) is 35.7. The number of nitrogens with zero attached hydrogens (tertiary/aromatic N) is 2. The van der Waals surface area contributed by atoms with Crippen molar-refractivity contribution in [2.24, 2.45) is 11.0 Å². The Morgan fingerprint density at radius 2 is 0.922 bits per heavy atom. The average Bonchev–Trinajstić information content (AvgIpc) is 3.77. The molecule has 0 aliphatic carbocycles. The first-order valence-electron chi connectivity index (χ1n) is 22.2. The minimum atomic E-state index is -0.452. The summed E-state index contributed by atoms with van der Waals surface area (Å²) in [6, 6.07) is 25.0. The average molecular weight is 963 g/mol. The SMILES string of the molecule is CCCOCCOCCOCCOCCOCCOCCOCCOCCOCCOCCOCCOc1ccc(NC(=O)C2CN(c3ccccc3)N=C2c2ccc(Br)cc2)cc1. The maximum atomic E-state index is 13.5. The number of ether oxygens (including phenoxy) is 12. The van der Waals surface area contributed by atoms with Gasteiger partial charge >= 0.3 is 0 Å². The molecule has 0 radical (unpaired) electrons. The number of anilines is 2. The van der Waals surface area contributed by atoms with Gasteiger partial charge in [0.15, 0.2) is 0 Å². The fourth-order valence-corrected chi connectivity index (χ4v) is 6.14. The van der Waals surface area contributed by atoms with E-state index in [1.165, 1.54) is 0 Å². The number of hydrogen-bond acceptors (Lipinski definition) is 15. The lowest BCUT2D eigenvalue weighted by Gasteiger charge is -2.16. The lowest BCUT2D eigenvalue weighted by molar-refractivity contribution is -0.117. The van der Waals surface area contributed by atoms with Crippen molar-refractivity contribution in [3.05, 3.63) is 88.9 Å². The van der Waals surface area contributed by atoms with Gasteiger partial charge in [0.2, 0.25) is 5.91 Å². The van der Waals surface area contributed by atoms with Crippen LogP contribution in [0.15, 0.2) is 88.4 Å². The quantitative estimate of drug-likeness (QED) is 0.0673. The van der Waals surface area contributed by atoms with Crippen molar-refractivity contribution in [3.63, 3.8) is 0 Å². The summed E-state index contributed by atoms with van der Waals surface area (Å²) in [7, 11) is 0. The minimum absolute atomic E-state index is 0.126. The van der Waals surface area contributed by atoms with Crippen molar-refractivity contribution in [3.8, 4) is 5.75 Å². The molecule has 64 heavy (non-hydrogen) atoms. The molecule has 1 unspecified atom stereocenters. The number of benzene rings is 3. The van der Waals surface area contributed by atoms with Crippen LogP contribution in [0.3, 0.4) is 0 Å². The molecule has 0 saturated heterocycles. The molecule has 0 saturated carbocycles. The summed E-state index contributed by atoms with van der Waals surface area (Å²) in [4.78, 5) is 13.5. The molecule has 1 heterocycles. The molecule has 1 N–H and O–H groups in total. The summed E-state index contributed by atoms with van der Waals surface area (Å²) in [5.74, 6) is 0.104. The highest BCUT2D eigenvalue weighted by Crippen LogP contribution is 2.27. The van der Waals surface area contributed by atoms with Crippen LogP contribution in [0.2, 0.25) is 0 Å². The van der Waals surface area contributed by atoms with Crippen LogP contribution in [0, 0.1) is 5.92 Å². The van der Waals surface area contributed by atoms with E-state index >= 15 is 0 Å². The van der Waals surface area contributed by atoms with Crippen molar-refractivity contribution < 1.29 is 61.6 Å². The molecular weight excluding hydrogens is 894 g/mol. The van der Waals surface area contributed by atoms with E-state index < -0.39 is 5.92 Å². The molecule has 356 valence electrons. The predicted molar refractivity (Wildman–Crippen MR) is 248 cm³/mol. The Labute approximate surface area is 387 Å². The van der Waals surface area contributed by atoms with Crippen LogP contribution in [0.1, 0.15) is 18.9 Å². The monoisotopic (exact) mass is 961 g/mol. The highest BCUT2D eigenvalue weighted by atomic mass is 79.9. The molecule has 1 aliphatic heterocycles. The zero-order valence-corrected chi connectivity index (χ0v) is 38.9. The Morgan fingerprint density at radius 3 is 1.33 bits per heavy atom. The molecule has 3 aromatic rings. The molecule has 0 spiro atoms. The zero-order valence-electron chi connectivity index (χ0n) is 37.3. The summed E-state index contributed by atoms with van der Waals surface area (Å²) in [6.07, 6.45) is 1.02. The molecule has 4 rings (SSSR count). The van der Waals surface area contributed by atoms with Crippen LogP contribution < -0.4 is 15.1 Å². The number of hydrogen-bond donors (Lipinski definition) is 1. The first kappa shape index (κ1) is 53.1. The second-order valence-corrected chi connectivity index (χ2v) is 15.0. The number of hydrazone groups is 1. The van der Waals surface area contributed by atoms with Crippen LogP contribution >= 0.6 is 15.9 Å². The molecule has 0 aromatic heterocycles. The highest BCUT2D eigenvalue weighted by molar-refractivity contribution is 9.10. The third kappa shape index (κ3) is 24.1. The van der Waals surface area contributed by atoms with E-state index in [9.17, 15) is 4.79 Å². The van der Waals surface area contributed by atoms with E-state index in [0.717, 1.165) is 34.5 Å². The van der Waals surface area contributed by atoms with E-state index in [0.29, 0.717) is 163 Å². The minimum Gasteiger partial charge on any atom is -0.491 e. The van der Waals surface area contributed by atoms with E-state index in [-0.39, 0.29) is 5.91 Å². The summed E-state index contributed by atoms with van der Waals surface area (Å²) >= 11 is 3.49. The molecular formula is C47H68BrN3O13. The van der Waals surface area contributed by atoms with E-state index in [2.05, 4.69) is 28.2 Å². The Balaban J connectivity index is 0.866. The van der Waals surface area contributed by atoms with Gasteiger partial charge in [-0.3, -0.25) is 9.80 Å². The number of amides is 1. The fourth-order valence-electron chi connectivity index (χ4n) is 5.88. The Morgan fingerprint density at radius 1 is 0.531 bits per heavy atom. The van der Waals surface area contributed by atoms with Gasteiger partial charge in [0, 0.05) is 16.8 Å². The smallest absolute Gasteiger partial charge is 0.235 e. The van der Waals surface area contributed by atoms with E-state index in [1.807, 2.05) is 83.9 Å². The van der Waals surface area contributed by atoms with Crippen molar-refractivity contribution in [1.82, 2.24) is 0 Å². The highest BCUT2D eigenvalue weighted by Gasteiger charge is 2.34. The summed E-state index contributed by atoms with van der Waals surface area (Å²) < 4.78 is 67.3.